The third-order valence-electron chi connectivity index (χ3n) is 3.70. The zero-order valence-electron chi connectivity index (χ0n) is 13.1. The molecule has 0 radical (unpaired) electrons. The van der Waals surface area contributed by atoms with Gasteiger partial charge in [0.2, 0.25) is 5.91 Å². The van der Waals surface area contributed by atoms with Crippen molar-refractivity contribution in [2.45, 2.75) is 44.2 Å². The lowest BCUT2D eigenvalue weighted by Crippen LogP contribution is -2.69. The molecule has 0 aromatic heterocycles. The van der Waals surface area contributed by atoms with Crippen LogP contribution >= 0.6 is 11.8 Å². The van der Waals surface area contributed by atoms with Gasteiger partial charge in [0.15, 0.2) is 0 Å². The van der Waals surface area contributed by atoms with Gasteiger partial charge in [-0.05, 0) is 44.2 Å². The summed E-state index contributed by atoms with van der Waals surface area (Å²) in [7, 11) is 0. The minimum Gasteiger partial charge on any atom is -0.340 e. The van der Waals surface area contributed by atoms with Crippen LogP contribution in [0.4, 0.5) is 5.69 Å². The highest BCUT2D eigenvalue weighted by Gasteiger charge is 2.47. The van der Waals surface area contributed by atoms with Gasteiger partial charge in [-0.25, -0.2) is 0 Å². The highest BCUT2D eigenvalue weighted by molar-refractivity contribution is 7.98. The number of piperazine rings is 1. The number of carbonyl (C=O) groups is 2. The van der Waals surface area contributed by atoms with Gasteiger partial charge in [-0.2, -0.15) is 0 Å². The lowest BCUT2D eigenvalue weighted by Gasteiger charge is -2.44. The smallest absolute Gasteiger partial charge is 0.252 e. The molecule has 4 nitrogen and oxygen atoms in total. The third kappa shape index (κ3) is 2.93. The van der Waals surface area contributed by atoms with E-state index in [-0.39, 0.29) is 17.7 Å². The van der Waals surface area contributed by atoms with Gasteiger partial charge >= 0.3 is 0 Å². The Bertz CT molecular complexity index is 569. The van der Waals surface area contributed by atoms with Crippen LogP contribution in [0.2, 0.25) is 0 Å². The molecule has 1 atom stereocenters. The molecule has 114 valence electrons. The molecule has 0 saturated carbocycles. The lowest BCUT2D eigenvalue weighted by molar-refractivity contribution is -0.138. The highest BCUT2D eigenvalue weighted by Crippen LogP contribution is 2.30. The maximum atomic E-state index is 12.8. The number of nitrogens with zero attached hydrogens (tertiary/aromatic N) is 1. The monoisotopic (exact) mass is 306 g/mol. The molecule has 1 N–H and O–H groups in total. The number of anilines is 1. The fourth-order valence-electron chi connectivity index (χ4n) is 2.62. The molecule has 1 aromatic carbocycles. The molecule has 2 rings (SSSR count). The highest BCUT2D eigenvalue weighted by atomic mass is 32.2. The SMILES string of the molecule is CSc1cccc(N2C(=O)C(C)(C)NC(=O)C2C(C)C)c1. The van der Waals surface area contributed by atoms with Crippen molar-refractivity contribution in [2.24, 2.45) is 5.92 Å². The Morgan fingerprint density at radius 1 is 1.29 bits per heavy atom. The maximum Gasteiger partial charge on any atom is 0.252 e. The Kier molecular flexibility index (Phi) is 4.33. The minimum atomic E-state index is -0.877. The van der Waals surface area contributed by atoms with Gasteiger partial charge in [0.05, 0.1) is 0 Å². The van der Waals surface area contributed by atoms with Gasteiger partial charge in [0, 0.05) is 10.6 Å². The van der Waals surface area contributed by atoms with E-state index in [1.807, 2.05) is 44.4 Å². The molecule has 1 fully saturated rings. The largest absolute Gasteiger partial charge is 0.340 e. The van der Waals surface area contributed by atoms with Crippen LogP contribution in [-0.4, -0.2) is 29.7 Å². The van der Waals surface area contributed by atoms with Crippen LogP contribution in [0, 0.1) is 5.92 Å². The van der Waals surface area contributed by atoms with E-state index in [4.69, 9.17) is 0 Å². The lowest BCUT2D eigenvalue weighted by atomic mass is 9.91. The number of hydrogen-bond acceptors (Lipinski definition) is 3. The van der Waals surface area contributed by atoms with Crippen LogP contribution in [0.1, 0.15) is 27.7 Å². The van der Waals surface area contributed by atoms with E-state index >= 15 is 0 Å². The molecule has 1 aromatic rings. The molecule has 21 heavy (non-hydrogen) atoms. The van der Waals surface area contributed by atoms with Crippen LogP contribution in [0.5, 0.6) is 0 Å². The molecule has 1 aliphatic heterocycles. The molecular formula is C16H22N2O2S. The standard InChI is InChI=1S/C16H22N2O2S/c1-10(2)13-14(19)17-16(3,4)15(20)18(13)11-7-6-8-12(9-11)21-5/h6-10,13H,1-5H3,(H,17,19). The number of thioether (sulfide) groups is 1. The summed E-state index contributed by atoms with van der Waals surface area (Å²) in [6.45, 7) is 7.41. The van der Waals surface area contributed by atoms with Crippen molar-refractivity contribution in [1.29, 1.82) is 0 Å². The van der Waals surface area contributed by atoms with Crippen molar-refractivity contribution < 1.29 is 9.59 Å². The van der Waals surface area contributed by atoms with Gasteiger partial charge in [0.25, 0.3) is 5.91 Å². The van der Waals surface area contributed by atoms with Crippen LogP contribution in [0.25, 0.3) is 0 Å². The second-order valence-electron chi connectivity index (χ2n) is 6.18. The van der Waals surface area contributed by atoms with Crippen molar-refractivity contribution in [3.63, 3.8) is 0 Å². The van der Waals surface area contributed by atoms with Crippen molar-refractivity contribution in [3.8, 4) is 0 Å². The second-order valence-corrected chi connectivity index (χ2v) is 7.06. The Labute approximate surface area is 130 Å². The first kappa shape index (κ1) is 15.9. The van der Waals surface area contributed by atoms with Crippen molar-refractivity contribution in [3.05, 3.63) is 24.3 Å². The number of nitrogens with one attached hydrogen (secondary N) is 1. The summed E-state index contributed by atoms with van der Waals surface area (Å²) in [5.74, 6) is -0.119. The number of hydrogen-bond donors (Lipinski definition) is 1. The number of rotatable bonds is 3. The first-order chi connectivity index (χ1) is 9.77. The molecule has 1 heterocycles. The first-order valence-corrected chi connectivity index (χ1v) is 8.30. The topological polar surface area (TPSA) is 49.4 Å². The van der Waals surface area contributed by atoms with Crippen LogP contribution < -0.4 is 10.2 Å². The predicted octanol–water partition coefficient (Wildman–Crippen LogP) is 2.67. The molecule has 2 amide bonds. The molecule has 0 bridgehead atoms. The van der Waals surface area contributed by atoms with E-state index in [1.54, 1.807) is 30.5 Å². The van der Waals surface area contributed by atoms with Gasteiger partial charge in [-0.15, -0.1) is 11.8 Å². The van der Waals surface area contributed by atoms with Crippen LogP contribution in [0.3, 0.4) is 0 Å². The van der Waals surface area contributed by atoms with E-state index in [1.165, 1.54) is 0 Å². The van der Waals surface area contributed by atoms with E-state index in [0.717, 1.165) is 10.6 Å². The van der Waals surface area contributed by atoms with E-state index in [2.05, 4.69) is 5.32 Å². The number of amides is 2. The quantitative estimate of drug-likeness (QED) is 0.874. The van der Waals surface area contributed by atoms with Gasteiger partial charge in [0.1, 0.15) is 11.6 Å². The van der Waals surface area contributed by atoms with Gasteiger partial charge in [-0.1, -0.05) is 19.9 Å². The molecule has 1 aliphatic rings. The summed E-state index contributed by atoms with van der Waals surface area (Å²) < 4.78 is 0. The average molecular weight is 306 g/mol. The molecule has 1 saturated heterocycles. The normalized spacial score (nSPS) is 21.6. The van der Waals surface area contributed by atoms with E-state index < -0.39 is 11.6 Å². The summed E-state index contributed by atoms with van der Waals surface area (Å²) in [4.78, 5) is 28.0. The molecule has 5 heteroatoms. The summed E-state index contributed by atoms with van der Waals surface area (Å²) in [6, 6.07) is 7.31. The van der Waals surface area contributed by atoms with Gasteiger partial charge < -0.3 is 5.32 Å². The fraction of sp³-hybridized carbons (Fsp3) is 0.500. The molecular weight excluding hydrogens is 284 g/mol. The number of benzene rings is 1. The molecule has 1 unspecified atom stereocenters. The molecule has 0 spiro atoms. The zero-order valence-corrected chi connectivity index (χ0v) is 14.0. The van der Waals surface area contributed by atoms with Crippen LogP contribution in [0.15, 0.2) is 29.2 Å². The van der Waals surface area contributed by atoms with Crippen molar-refractivity contribution in [1.82, 2.24) is 5.32 Å². The van der Waals surface area contributed by atoms with Crippen molar-refractivity contribution in [2.75, 3.05) is 11.2 Å². The predicted molar refractivity (Wildman–Crippen MR) is 86.6 cm³/mol. The number of carbonyl (C=O) groups excluding carboxylic acids is 2. The Morgan fingerprint density at radius 2 is 1.95 bits per heavy atom. The summed E-state index contributed by atoms with van der Waals surface area (Å²) in [5.41, 5.74) is -0.0915. The minimum absolute atomic E-state index is 0.0444. The third-order valence-corrected chi connectivity index (χ3v) is 4.42. The van der Waals surface area contributed by atoms with E-state index in [0.29, 0.717) is 0 Å². The Balaban J connectivity index is 2.52. The van der Waals surface area contributed by atoms with Crippen molar-refractivity contribution >= 4 is 29.3 Å². The van der Waals surface area contributed by atoms with Crippen LogP contribution in [-0.2, 0) is 9.59 Å². The summed E-state index contributed by atoms with van der Waals surface area (Å²) >= 11 is 1.62. The first-order valence-electron chi connectivity index (χ1n) is 7.07. The second kappa shape index (κ2) is 5.72. The average Bonchev–Trinajstić information content (AvgIpc) is 2.41. The zero-order chi connectivity index (χ0) is 15.8. The summed E-state index contributed by atoms with van der Waals surface area (Å²) in [5, 5.41) is 2.83. The maximum absolute atomic E-state index is 12.8. The Hall–Kier alpha value is -1.49. The van der Waals surface area contributed by atoms with Gasteiger partial charge in [-0.3, -0.25) is 14.5 Å². The Morgan fingerprint density at radius 3 is 2.52 bits per heavy atom. The fourth-order valence-corrected chi connectivity index (χ4v) is 3.07. The van der Waals surface area contributed by atoms with E-state index in [9.17, 15) is 9.59 Å². The summed E-state index contributed by atoms with van der Waals surface area (Å²) in [6.07, 6.45) is 1.99. The molecule has 0 aliphatic carbocycles.